The van der Waals surface area contributed by atoms with Crippen molar-refractivity contribution in [2.24, 2.45) is 5.92 Å². The third-order valence-electron chi connectivity index (χ3n) is 5.78. The van der Waals surface area contributed by atoms with Gasteiger partial charge < -0.3 is 10.0 Å². The summed E-state index contributed by atoms with van der Waals surface area (Å²) in [4.78, 5) is 15.4. The first-order chi connectivity index (χ1) is 14.0. The molecular formula is C24H27Cl2NO2. The number of likely N-dealkylation sites (tertiary alicyclic amines) is 1. The van der Waals surface area contributed by atoms with Crippen LogP contribution in [0, 0.1) is 5.92 Å². The molecule has 2 aromatic carbocycles. The molecule has 1 fully saturated rings. The molecule has 0 unspecified atom stereocenters. The van der Waals surface area contributed by atoms with Crippen molar-refractivity contribution in [1.82, 2.24) is 4.90 Å². The van der Waals surface area contributed by atoms with Gasteiger partial charge in [0.25, 0.3) is 0 Å². The zero-order chi connectivity index (χ0) is 21.0. The summed E-state index contributed by atoms with van der Waals surface area (Å²) in [6, 6.07) is 15.3. The summed E-state index contributed by atoms with van der Waals surface area (Å²) in [7, 11) is 0. The average molecular weight is 432 g/mol. The van der Waals surface area contributed by atoms with E-state index in [-0.39, 0.29) is 36.4 Å². The molecule has 5 heteroatoms. The molecule has 2 aromatic rings. The van der Waals surface area contributed by atoms with Crippen LogP contribution < -0.4 is 0 Å². The SMILES string of the molecule is C=CC[C@H]1C[C@H](c2cccc(Cl)c2)[C@@H](c2ccc(Cl)cc2)N([C@@H](C)CCO)C1=O. The molecule has 1 N–H and O–H groups in total. The quantitative estimate of drug-likeness (QED) is 0.544. The van der Waals surface area contributed by atoms with Gasteiger partial charge in [-0.05, 0) is 61.6 Å². The Kier molecular flexibility index (Phi) is 7.39. The van der Waals surface area contributed by atoms with Crippen LogP contribution in [-0.4, -0.2) is 28.6 Å². The molecule has 154 valence electrons. The number of halogens is 2. The van der Waals surface area contributed by atoms with Gasteiger partial charge in [-0.2, -0.15) is 0 Å². The number of amides is 1. The molecule has 0 spiro atoms. The highest BCUT2D eigenvalue weighted by Gasteiger charge is 2.44. The van der Waals surface area contributed by atoms with Crippen molar-refractivity contribution in [3.05, 3.63) is 82.4 Å². The molecule has 1 amide bonds. The Hall–Kier alpha value is -1.81. The molecule has 29 heavy (non-hydrogen) atoms. The van der Waals surface area contributed by atoms with Gasteiger partial charge >= 0.3 is 0 Å². The van der Waals surface area contributed by atoms with E-state index in [0.717, 1.165) is 17.5 Å². The molecule has 0 radical (unpaired) electrons. The Bertz CT molecular complexity index is 852. The number of nitrogens with zero attached hydrogens (tertiary/aromatic N) is 1. The predicted molar refractivity (Wildman–Crippen MR) is 119 cm³/mol. The Morgan fingerprint density at radius 1 is 1.17 bits per heavy atom. The van der Waals surface area contributed by atoms with Crippen LogP contribution in [0.3, 0.4) is 0 Å². The van der Waals surface area contributed by atoms with E-state index in [9.17, 15) is 9.90 Å². The van der Waals surface area contributed by atoms with Crippen molar-refractivity contribution in [2.75, 3.05) is 6.61 Å². The summed E-state index contributed by atoms with van der Waals surface area (Å²) in [5.74, 6) is 0.0592. The van der Waals surface area contributed by atoms with Gasteiger partial charge in [0.1, 0.15) is 0 Å². The van der Waals surface area contributed by atoms with Crippen molar-refractivity contribution >= 4 is 29.1 Å². The smallest absolute Gasteiger partial charge is 0.226 e. The number of hydrogen-bond acceptors (Lipinski definition) is 2. The Balaban J connectivity index is 2.13. The lowest BCUT2D eigenvalue weighted by Gasteiger charge is -2.47. The van der Waals surface area contributed by atoms with Crippen molar-refractivity contribution in [1.29, 1.82) is 0 Å². The van der Waals surface area contributed by atoms with Crippen LogP contribution in [-0.2, 0) is 4.79 Å². The number of rotatable bonds is 7. The number of piperidine rings is 1. The first-order valence-electron chi connectivity index (χ1n) is 10.0. The van der Waals surface area contributed by atoms with E-state index < -0.39 is 0 Å². The first kappa shape index (κ1) is 21.9. The predicted octanol–water partition coefficient (Wildman–Crippen LogP) is 6.01. The van der Waals surface area contributed by atoms with E-state index in [4.69, 9.17) is 23.2 Å². The monoisotopic (exact) mass is 431 g/mol. The lowest BCUT2D eigenvalue weighted by Crippen LogP contribution is -2.51. The molecule has 1 heterocycles. The van der Waals surface area contributed by atoms with Crippen molar-refractivity contribution in [2.45, 2.75) is 44.2 Å². The molecule has 4 atom stereocenters. The van der Waals surface area contributed by atoms with Crippen molar-refractivity contribution in [3.8, 4) is 0 Å². The maximum absolute atomic E-state index is 13.5. The molecule has 1 aliphatic rings. The first-order valence-corrected chi connectivity index (χ1v) is 10.8. The molecule has 3 nitrogen and oxygen atoms in total. The number of carbonyl (C=O) groups is 1. The second-order valence-electron chi connectivity index (χ2n) is 7.72. The molecule has 0 saturated carbocycles. The molecule has 0 aliphatic carbocycles. The van der Waals surface area contributed by atoms with Crippen LogP contribution in [0.4, 0.5) is 0 Å². The van der Waals surface area contributed by atoms with Crippen LogP contribution in [0.25, 0.3) is 0 Å². The molecule has 1 saturated heterocycles. The minimum atomic E-state index is -0.152. The van der Waals surface area contributed by atoms with E-state index in [2.05, 4.69) is 12.6 Å². The standard InChI is InChI=1S/C24H27Cl2NO2/c1-3-5-19-15-22(18-6-4-7-21(26)14-18)23(17-8-10-20(25)11-9-17)27(24(19)29)16(2)12-13-28/h3-4,6-11,14,16,19,22-23,28H,1,5,12-13,15H2,2H3/t16-,19-,22+,23+/m0/s1. The molecule has 0 bridgehead atoms. The Labute approximate surface area is 182 Å². The van der Waals surface area contributed by atoms with Gasteiger partial charge in [0.05, 0.1) is 6.04 Å². The second-order valence-corrected chi connectivity index (χ2v) is 8.59. The van der Waals surface area contributed by atoms with Crippen molar-refractivity contribution in [3.63, 3.8) is 0 Å². The fourth-order valence-corrected chi connectivity index (χ4v) is 4.73. The molecule has 1 aliphatic heterocycles. The lowest BCUT2D eigenvalue weighted by molar-refractivity contribution is -0.146. The maximum atomic E-state index is 13.5. The van der Waals surface area contributed by atoms with Gasteiger partial charge in [0, 0.05) is 34.5 Å². The minimum Gasteiger partial charge on any atom is -0.396 e. The van der Waals surface area contributed by atoms with E-state index in [1.54, 1.807) is 0 Å². The summed E-state index contributed by atoms with van der Waals surface area (Å²) >= 11 is 12.4. The van der Waals surface area contributed by atoms with Crippen LogP contribution in [0.15, 0.2) is 61.2 Å². The highest BCUT2D eigenvalue weighted by Crippen LogP contribution is 2.47. The molecule has 0 aromatic heterocycles. The van der Waals surface area contributed by atoms with E-state index >= 15 is 0 Å². The normalized spacial score (nSPS) is 23.1. The topological polar surface area (TPSA) is 40.5 Å². The van der Waals surface area contributed by atoms with E-state index in [0.29, 0.717) is 22.9 Å². The number of carbonyl (C=O) groups excluding carboxylic acids is 1. The van der Waals surface area contributed by atoms with Gasteiger partial charge in [-0.15, -0.1) is 6.58 Å². The zero-order valence-corrected chi connectivity index (χ0v) is 18.1. The van der Waals surface area contributed by atoms with Crippen LogP contribution in [0.5, 0.6) is 0 Å². The highest BCUT2D eigenvalue weighted by atomic mass is 35.5. The van der Waals surface area contributed by atoms with Gasteiger partial charge in [-0.3, -0.25) is 4.79 Å². The Morgan fingerprint density at radius 2 is 1.90 bits per heavy atom. The van der Waals surface area contributed by atoms with E-state index in [1.807, 2.05) is 60.4 Å². The average Bonchev–Trinajstić information content (AvgIpc) is 2.70. The highest BCUT2D eigenvalue weighted by molar-refractivity contribution is 6.30. The maximum Gasteiger partial charge on any atom is 0.226 e. The second kappa shape index (κ2) is 9.80. The summed E-state index contributed by atoms with van der Waals surface area (Å²) < 4.78 is 0. The lowest BCUT2D eigenvalue weighted by atomic mass is 9.74. The summed E-state index contributed by atoms with van der Waals surface area (Å²) in [5.41, 5.74) is 2.15. The summed E-state index contributed by atoms with van der Waals surface area (Å²) in [6.07, 6.45) is 3.69. The number of aliphatic hydroxyl groups excluding tert-OH is 1. The number of hydrogen-bond donors (Lipinski definition) is 1. The molecule has 3 rings (SSSR count). The fraction of sp³-hybridized carbons (Fsp3) is 0.375. The van der Waals surface area contributed by atoms with Gasteiger partial charge in [-0.1, -0.05) is 53.5 Å². The fourth-order valence-electron chi connectivity index (χ4n) is 4.40. The van der Waals surface area contributed by atoms with Crippen molar-refractivity contribution < 1.29 is 9.90 Å². The van der Waals surface area contributed by atoms with Gasteiger partial charge in [-0.25, -0.2) is 0 Å². The van der Waals surface area contributed by atoms with Crippen LogP contribution in [0.2, 0.25) is 10.0 Å². The number of allylic oxidation sites excluding steroid dienone is 1. The number of benzene rings is 2. The summed E-state index contributed by atoms with van der Waals surface area (Å²) in [5, 5.41) is 10.9. The minimum absolute atomic E-state index is 0.0340. The number of aliphatic hydroxyl groups is 1. The molecular weight excluding hydrogens is 405 g/mol. The largest absolute Gasteiger partial charge is 0.396 e. The third-order valence-corrected chi connectivity index (χ3v) is 6.27. The Morgan fingerprint density at radius 3 is 2.52 bits per heavy atom. The third kappa shape index (κ3) is 4.85. The van der Waals surface area contributed by atoms with Crippen LogP contribution >= 0.6 is 23.2 Å². The zero-order valence-electron chi connectivity index (χ0n) is 16.6. The summed E-state index contributed by atoms with van der Waals surface area (Å²) in [6.45, 7) is 5.88. The van der Waals surface area contributed by atoms with E-state index in [1.165, 1.54) is 0 Å². The van der Waals surface area contributed by atoms with Gasteiger partial charge in [0.2, 0.25) is 5.91 Å². The van der Waals surface area contributed by atoms with Gasteiger partial charge in [0.15, 0.2) is 0 Å². The van der Waals surface area contributed by atoms with Crippen LogP contribution in [0.1, 0.15) is 49.3 Å².